The van der Waals surface area contributed by atoms with E-state index in [2.05, 4.69) is 16.8 Å². The average Bonchev–Trinajstić information content (AvgIpc) is 3.37. The Morgan fingerprint density at radius 1 is 0.964 bits per heavy atom. The van der Waals surface area contributed by atoms with Crippen molar-refractivity contribution in [3.8, 4) is 0 Å². The summed E-state index contributed by atoms with van der Waals surface area (Å²) >= 11 is 0. The molecular formula is C21H29N3O4. The average molecular weight is 387 g/mol. The van der Waals surface area contributed by atoms with Gasteiger partial charge < -0.3 is 23.9 Å². The summed E-state index contributed by atoms with van der Waals surface area (Å²) in [4.78, 5) is 31.7. The van der Waals surface area contributed by atoms with Gasteiger partial charge in [-0.05, 0) is 44.7 Å². The second-order valence-corrected chi connectivity index (χ2v) is 8.92. The molecule has 3 saturated heterocycles. The number of hydrogen-bond acceptors (Lipinski definition) is 5. The molecule has 1 unspecified atom stereocenters. The molecule has 1 aromatic heterocycles. The first-order chi connectivity index (χ1) is 13.6. The molecule has 0 saturated carbocycles. The summed E-state index contributed by atoms with van der Waals surface area (Å²) in [6, 6.07) is 0. The van der Waals surface area contributed by atoms with Gasteiger partial charge in [0.25, 0.3) is 5.91 Å². The van der Waals surface area contributed by atoms with Crippen LogP contribution in [-0.2, 0) is 22.7 Å². The van der Waals surface area contributed by atoms with Gasteiger partial charge in [-0.2, -0.15) is 0 Å². The largest absolute Gasteiger partial charge is 0.466 e. The zero-order valence-corrected chi connectivity index (χ0v) is 16.6. The predicted molar refractivity (Wildman–Crippen MR) is 102 cm³/mol. The van der Waals surface area contributed by atoms with Gasteiger partial charge in [-0.15, -0.1) is 0 Å². The number of hydrogen-bond donors (Lipinski definition) is 0. The lowest BCUT2D eigenvalue weighted by Crippen LogP contribution is -2.54. The molecule has 28 heavy (non-hydrogen) atoms. The third-order valence-electron chi connectivity index (χ3n) is 7.15. The van der Waals surface area contributed by atoms with E-state index in [1.165, 1.54) is 0 Å². The first-order valence-corrected chi connectivity index (χ1v) is 10.5. The Morgan fingerprint density at radius 2 is 1.75 bits per heavy atom. The van der Waals surface area contributed by atoms with Gasteiger partial charge in [0.2, 0.25) is 5.91 Å². The number of fused-ring (bicyclic) bond motifs is 1. The van der Waals surface area contributed by atoms with Crippen LogP contribution in [0, 0.1) is 17.8 Å². The molecule has 0 N–H and O–H groups in total. The van der Waals surface area contributed by atoms with Crippen molar-refractivity contribution in [1.82, 2.24) is 14.7 Å². The maximum absolute atomic E-state index is 12.7. The molecule has 0 bridgehead atoms. The van der Waals surface area contributed by atoms with E-state index < -0.39 is 0 Å². The Balaban J connectivity index is 1.10. The van der Waals surface area contributed by atoms with Crippen LogP contribution >= 0.6 is 0 Å². The molecule has 4 aliphatic rings. The molecule has 1 aromatic rings. The number of nitrogens with zero attached hydrogens (tertiary/aromatic N) is 3. The number of carbonyl (C=O) groups is 2. The SMILES string of the molecule is CN1CCC(C(=O)N2CCC(C3CN(C(=O)c4coc5c4COC5)C3)CC2)C1. The van der Waals surface area contributed by atoms with Gasteiger partial charge in [-0.1, -0.05) is 0 Å². The van der Waals surface area contributed by atoms with Gasteiger partial charge in [-0.25, -0.2) is 0 Å². The molecule has 5 rings (SSSR count). The monoisotopic (exact) mass is 387 g/mol. The molecule has 7 heteroatoms. The Kier molecular flexibility index (Phi) is 4.67. The minimum atomic E-state index is 0.0738. The van der Waals surface area contributed by atoms with E-state index in [4.69, 9.17) is 9.15 Å². The summed E-state index contributed by atoms with van der Waals surface area (Å²) in [7, 11) is 2.09. The van der Waals surface area contributed by atoms with Gasteiger partial charge >= 0.3 is 0 Å². The lowest BCUT2D eigenvalue weighted by molar-refractivity contribution is -0.137. The second-order valence-electron chi connectivity index (χ2n) is 8.92. The summed E-state index contributed by atoms with van der Waals surface area (Å²) in [5.41, 5.74) is 1.60. The number of likely N-dealkylation sites (tertiary alicyclic amines) is 3. The molecule has 0 aliphatic carbocycles. The molecule has 1 atom stereocenters. The summed E-state index contributed by atoms with van der Waals surface area (Å²) in [6.07, 6.45) is 4.72. The Hall–Kier alpha value is -1.86. The van der Waals surface area contributed by atoms with Crippen molar-refractivity contribution in [2.75, 3.05) is 46.3 Å². The van der Waals surface area contributed by atoms with Crippen LogP contribution in [-0.4, -0.2) is 72.8 Å². The van der Waals surface area contributed by atoms with Crippen molar-refractivity contribution in [3.63, 3.8) is 0 Å². The highest BCUT2D eigenvalue weighted by Crippen LogP contribution is 2.35. The van der Waals surface area contributed by atoms with E-state index in [1.54, 1.807) is 6.26 Å². The Labute approximate surface area is 165 Å². The Bertz CT molecular complexity index is 762. The maximum Gasteiger partial charge on any atom is 0.257 e. The van der Waals surface area contributed by atoms with Crippen LogP contribution in [0.5, 0.6) is 0 Å². The van der Waals surface area contributed by atoms with Crippen LogP contribution < -0.4 is 0 Å². The number of rotatable bonds is 3. The molecular weight excluding hydrogens is 358 g/mol. The molecule has 2 amide bonds. The maximum atomic E-state index is 12.7. The predicted octanol–water partition coefficient (Wildman–Crippen LogP) is 1.57. The third-order valence-corrected chi connectivity index (χ3v) is 7.15. The van der Waals surface area contributed by atoms with Gasteiger partial charge in [-0.3, -0.25) is 9.59 Å². The summed E-state index contributed by atoms with van der Waals surface area (Å²) < 4.78 is 10.8. The van der Waals surface area contributed by atoms with Crippen molar-refractivity contribution >= 4 is 11.8 Å². The lowest BCUT2D eigenvalue weighted by atomic mass is 9.79. The zero-order chi connectivity index (χ0) is 19.3. The number of furan rings is 1. The van der Waals surface area contributed by atoms with E-state index in [0.717, 1.165) is 69.9 Å². The molecule has 5 heterocycles. The minimum Gasteiger partial charge on any atom is -0.466 e. The molecule has 0 spiro atoms. The van der Waals surface area contributed by atoms with Crippen LogP contribution in [0.1, 0.15) is 40.9 Å². The van der Waals surface area contributed by atoms with Crippen molar-refractivity contribution in [1.29, 1.82) is 0 Å². The van der Waals surface area contributed by atoms with Gasteiger partial charge in [0.1, 0.15) is 18.6 Å². The lowest BCUT2D eigenvalue weighted by Gasteiger charge is -2.46. The van der Waals surface area contributed by atoms with Crippen LogP contribution in [0.15, 0.2) is 10.7 Å². The highest BCUT2D eigenvalue weighted by Gasteiger charge is 2.40. The highest BCUT2D eigenvalue weighted by molar-refractivity contribution is 5.96. The quantitative estimate of drug-likeness (QED) is 0.788. The topological polar surface area (TPSA) is 66.2 Å². The highest BCUT2D eigenvalue weighted by atomic mass is 16.5. The van der Waals surface area contributed by atoms with Crippen LogP contribution in [0.4, 0.5) is 0 Å². The van der Waals surface area contributed by atoms with E-state index in [9.17, 15) is 9.59 Å². The molecule has 152 valence electrons. The van der Waals surface area contributed by atoms with Gasteiger partial charge in [0.15, 0.2) is 0 Å². The summed E-state index contributed by atoms with van der Waals surface area (Å²) in [6.45, 7) is 6.29. The van der Waals surface area contributed by atoms with Gasteiger partial charge in [0, 0.05) is 38.3 Å². The van der Waals surface area contributed by atoms with Crippen LogP contribution in [0.3, 0.4) is 0 Å². The summed E-state index contributed by atoms with van der Waals surface area (Å²) in [5, 5.41) is 0. The fourth-order valence-electron chi connectivity index (χ4n) is 5.26. The fourth-order valence-corrected chi connectivity index (χ4v) is 5.26. The normalized spacial score (nSPS) is 26.5. The van der Waals surface area contributed by atoms with E-state index in [-0.39, 0.29) is 11.8 Å². The first-order valence-electron chi connectivity index (χ1n) is 10.5. The fraction of sp³-hybridized carbons (Fsp3) is 0.714. The van der Waals surface area contributed by atoms with Crippen LogP contribution in [0.25, 0.3) is 0 Å². The van der Waals surface area contributed by atoms with Crippen LogP contribution in [0.2, 0.25) is 0 Å². The molecule has 3 fully saturated rings. The third kappa shape index (κ3) is 3.14. The van der Waals surface area contributed by atoms with Gasteiger partial charge in [0.05, 0.1) is 18.1 Å². The second kappa shape index (κ2) is 7.19. The smallest absolute Gasteiger partial charge is 0.257 e. The first kappa shape index (κ1) is 18.2. The Morgan fingerprint density at radius 3 is 2.46 bits per heavy atom. The van der Waals surface area contributed by atoms with Crippen molar-refractivity contribution in [2.24, 2.45) is 17.8 Å². The van der Waals surface area contributed by atoms with E-state index in [1.807, 2.05) is 4.90 Å². The minimum absolute atomic E-state index is 0.0738. The zero-order valence-electron chi connectivity index (χ0n) is 16.6. The van der Waals surface area contributed by atoms with E-state index in [0.29, 0.717) is 36.5 Å². The standard InChI is InChI=1S/C21H29N3O4/c1-22-5-2-15(8-22)20(25)23-6-3-14(4-7-23)16-9-24(10-16)21(26)18-12-28-19-13-27-11-17(18)19/h12,14-16H,2-11,13H2,1H3. The number of ether oxygens (including phenoxy) is 1. The van der Waals surface area contributed by atoms with Crippen molar-refractivity contribution in [2.45, 2.75) is 32.5 Å². The molecule has 0 aromatic carbocycles. The van der Waals surface area contributed by atoms with Crippen molar-refractivity contribution < 1.29 is 18.7 Å². The number of amides is 2. The summed E-state index contributed by atoms with van der Waals surface area (Å²) in [5.74, 6) is 2.60. The van der Waals surface area contributed by atoms with Crippen molar-refractivity contribution in [3.05, 3.63) is 23.2 Å². The number of carbonyl (C=O) groups excluding carboxylic acids is 2. The number of piperidine rings is 1. The molecule has 4 aliphatic heterocycles. The molecule has 7 nitrogen and oxygen atoms in total. The molecule has 0 radical (unpaired) electrons. The van der Waals surface area contributed by atoms with E-state index >= 15 is 0 Å².